The monoisotopic (exact) mass is 172 g/mol. The van der Waals surface area contributed by atoms with Gasteiger partial charge in [-0.25, -0.2) is 0 Å². The third kappa shape index (κ3) is 3.69. The molecule has 1 unspecified atom stereocenters. The Hall–Kier alpha value is -0.600. The number of terminal acetylenes is 1. The van der Waals surface area contributed by atoms with Gasteiger partial charge in [0.1, 0.15) is 0 Å². The summed E-state index contributed by atoms with van der Waals surface area (Å²) in [6.07, 6.45) is 6.16. The number of nitrogens with one attached hydrogen (secondary N) is 1. The van der Waals surface area contributed by atoms with Gasteiger partial charge in [-0.3, -0.25) is 11.3 Å². The third-order valence-corrected chi connectivity index (χ3v) is 1.61. The molecule has 3 N–H and O–H groups in total. The topological polar surface area (TPSA) is 56.5 Å². The van der Waals surface area contributed by atoms with E-state index in [1.54, 1.807) is 14.2 Å². The molecule has 70 valence electrons. The van der Waals surface area contributed by atoms with E-state index in [1.807, 2.05) is 0 Å². The normalized spacial score (nSPS) is 12.9. The molecule has 0 saturated carbocycles. The summed E-state index contributed by atoms with van der Waals surface area (Å²) in [6, 6.07) is -0.0592. The average Bonchev–Trinajstić information content (AvgIpc) is 2.12. The predicted molar refractivity (Wildman–Crippen MR) is 47.0 cm³/mol. The Morgan fingerprint density at radius 3 is 2.42 bits per heavy atom. The van der Waals surface area contributed by atoms with Crippen molar-refractivity contribution in [3.8, 4) is 12.3 Å². The largest absolute Gasteiger partial charge is 0.354 e. The molecule has 0 saturated heterocycles. The predicted octanol–water partition coefficient (Wildman–Crippen LogP) is -0.149. The van der Waals surface area contributed by atoms with Crippen molar-refractivity contribution in [3.63, 3.8) is 0 Å². The highest BCUT2D eigenvalue weighted by atomic mass is 16.7. The first-order valence-corrected chi connectivity index (χ1v) is 3.75. The second-order valence-corrected chi connectivity index (χ2v) is 2.36. The lowest BCUT2D eigenvalue weighted by Gasteiger charge is -2.22. The van der Waals surface area contributed by atoms with Gasteiger partial charge in [0.05, 0.1) is 6.04 Å². The standard InChI is InChI=1S/C8H16N2O2/c1-4-5-6-7(10-9)8(11-2)12-3/h1,7-8,10H,5-6,9H2,2-3H3. The van der Waals surface area contributed by atoms with Crippen LogP contribution in [0.5, 0.6) is 0 Å². The number of hydrogen-bond acceptors (Lipinski definition) is 4. The van der Waals surface area contributed by atoms with Gasteiger partial charge >= 0.3 is 0 Å². The summed E-state index contributed by atoms with van der Waals surface area (Å²) in [6.45, 7) is 0. The van der Waals surface area contributed by atoms with E-state index >= 15 is 0 Å². The van der Waals surface area contributed by atoms with Crippen LogP contribution in [0, 0.1) is 12.3 Å². The van der Waals surface area contributed by atoms with Crippen LogP contribution < -0.4 is 11.3 Å². The van der Waals surface area contributed by atoms with Crippen LogP contribution in [0.3, 0.4) is 0 Å². The Morgan fingerprint density at radius 2 is 2.08 bits per heavy atom. The number of ether oxygens (including phenoxy) is 2. The lowest BCUT2D eigenvalue weighted by Crippen LogP contribution is -2.45. The molecule has 0 aliphatic heterocycles. The van der Waals surface area contributed by atoms with Gasteiger partial charge in [0, 0.05) is 20.6 Å². The van der Waals surface area contributed by atoms with Crippen LogP contribution in [0.15, 0.2) is 0 Å². The Bertz CT molecular complexity index is 140. The molecule has 0 aliphatic rings. The van der Waals surface area contributed by atoms with Crippen molar-refractivity contribution in [1.82, 2.24) is 5.43 Å². The zero-order valence-electron chi connectivity index (χ0n) is 7.54. The molecule has 12 heavy (non-hydrogen) atoms. The van der Waals surface area contributed by atoms with Crippen LogP contribution in [-0.2, 0) is 9.47 Å². The number of hydrogen-bond donors (Lipinski definition) is 2. The molecule has 0 aromatic rings. The molecule has 0 aromatic carbocycles. The van der Waals surface area contributed by atoms with Gasteiger partial charge in [-0.1, -0.05) is 0 Å². The molecular formula is C8H16N2O2. The molecule has 0 heterocycles. The highest BCUT2D eigenvalue weighted by Gasteiger charge is 2.18. The Morgan fingerprint density at radius 1 is 1.50 bits per heavy atom. The SMILES string of the molecule is C#CCCC(NN)C(OC)OC. The molecule has 0 aromatic heterocycles. The molecule has 1 atom stereocenters. The molecular weight excluding hydrogens is 156 g/mol. The van der Waals surface area contributed by atoms with Gasteiger partial charge in [0.2, 0.25) is 0 Å². The summed E-state index contributed by atoms with van der Waals surface area (Å²) in [4.78, 5) is 0. The van der Waals surface area contributed by atoms with Crippen molar-refractivity contribution in [2.45, 2.75) is 25.2 Å². The maximum absolute atomic E-state index is 5.29. The number of nitrogens with two attached hydrogens (primary N) is 1. The molecule has 0 amide bonds. The van der Waals surface area contributed by atoms with Gasteiger partial charge in [-0.05, 0) is 6.42 Å². The highest BCUT2D eigenvalue weighted by molar-refractivity contribution is 4.86. The van der Waals surface area contributed by atoms with Crippen LogP contribution in [-0.4, -0.2) is 26.6 Å². The van der Waals surface area contributed by atoms with E-state index in [2.05, 4.69) is 11.3 Å². The average molecular weight is 172 g/mol. The minimum absolute atomic E-state index is 0.0592. The van der Waals surface area contributed by atoms with Crippen molar-refractivity contribution >= 4 is 0 Å². The van der Waals surface area contributed by atoms with E-state index in [-0.39, 0.29) is 12.3 Å². The summed E-state index contributed by atoms with van der Waals surface area (Å²) < 4.78 is 10.0. The van der Waals surface area contributed by atoms with E-state index in [4.69, 9.17) is 21.7 Å². The van der Waals surface area contributed by atoms with E-state index < -0.39 is 0 Å². The summed E-state index contributed by atoms with van der Waals surface area (Å²) in [5.41, 5.74) is 2.59. The smallest absolute Gasteiger partial charge is 0.173 e. The quantitative estimate of drug-likeness (QED) is 0.253. The lowest BCUT2D eigenvalue weighted by atomic mass is 10.1. The van der Waals surface area contributed by atoms with Crippen molar-refractivity contribution in [2.24, 2.45) is 5.84 Å². The molecule has 4 nitrogen and oxygen atoms in total. The number of hydrazine groups is 1. The van der Waals surface area contributed by atoms with Gasteiger partial charge in [-0.15, -0.1) is 12.3 Å². The summed E-state index contributed by atoms with van der Waals surface area (Å²) in [5.74, 6) is 7.82. The molecule has 0 spiro atoms. The van der Waals surface area contributed by atoms with Crippen LogP contribution >= 0.6 is 0 Å². The first-order valence-electron chi connectivity index (χ1n) is 3.75. The minimum Gasteiger partial charge on any atom is -0.354 e. The van der Waals surface area contributed by atoms with E-state index in [0.29, 0.717) is 6.42 Å². The van der Waals surface area contributed by atoms with Crippen molar-refractivity contribution in [3.05, 3.63) is 0 Å². The fourth-order valence-electron chi connectivity index (χ4n) is 0.962. The van der Waals surface area contributed by atoms with Gasteiger partial charge in [-0.2, -0.15) is 0 Å². The fourth-order valence-corrected chi connectivity index (χ4v) is 0.962. The Labute approximate surface area is 73.4 Å². The maximum Gasteiger partial charge on any atom is 0.173 e. The number of rotatable bonds is 6. The fraction of sp³-hybridized carbons (Fsp3) is 0.750. The van der Waals surface area contributed by atoms with Gasteiger partial charge < -0.3 is 9.47 Å². The van der Waals surface area contributed by atoms with Gasteiger partial charge in [0.15, 0.2) is 6.29 Å². The number of methoxy groups -OCH3 is 2. The molecule has 0 fully saturated rings. The zero-order valence-corrected chi connectivity index (χ0v) is 7.54. The van der Waals surface area contributed by atoms with Crippen LogP contribution in [0.25, 0.3) is 0 Å². The maximum atomic E-state index is 5.29. The summed E-state index contributed by atoms with van der Waals surface area (Å²) >= 11 is 0. The van der Waals surface area contributed by atoms with Crippen molar-refractivity contribution < 1.29 is 9.47 Å². The van der Waals surface area contributed by atoms with Gasteiger partial charge in [0.25, 0.3) is 0 Å². The molecule has 0 bridgehead atoms. The second-order valence-electron chi connectivity index (χ2n) is 2.36. The highest BCUT2D eigenvalue weighted by Crippen LogP contribution is 2.04. The van der Waals surface area contributed by atoms with Crippen LogP contribution in [0.1, 0.15) is 12.8 Å². The summed E-state index contributed by atoms with van der Waals surface area (Å²) in [5, 5.41) is 0. The summed E-state index contributed by atoms with van der Waals surface area (Å²) in [7, 11) is 3.13. The second kappa shape index (κ2) is 7.07. The van der Waals surface area contributed by atoms with Crippen LogP contribution in [0.4, 0.5) is 0 Å². The van der Waals surface area contributed by atoms with Crippen molar-refractivity contribution in [1.29, 1.82) is 0 Å². The van der Waals surface area contributed by atoms with Crippen molar-refractivity contribution in [2.75, 3.05) is 14.2 Å². The zero-order chi connectivity index (χ0) is 9.40. The Balaban J connectivity index is 3.85. The first kappa shape index (κ1) is 11.4. The van der Waals surface area contributed by atoms with E-state index in [0.717, 1.165) is 6.42 Å². The minimum atomic E-state index is -0.344. The molecule has 0 aliphatic carbocycles. The third-order valence-electron chi connectivity index (χ3n) is 1.61. The molecule has 0 radical (unpaired) electrons. The molecule has 4 heteroatoms. The first-order chi connectivity index (χ1) is 5.79. The Kier molecular flexibility index (Phi) is 6.72. The van der Waals surface area contributed by atoms with E-state index in [1.165, 1.54) is 0 Å². The molecule has 0 rings (SSSR count). The van der Waals surface area contributed by atoms with E-state index in [9.17, 15) is 0 Å². The lowest BCUT2D eigenvalue weighted by molar-refractivity contribution is -0.123. The van der Waals surface area contributed by atoms with Crippen LogP contribution in [0.2, 0.25) is 0 Å².